The Morgan fingerprint density at radius 1 is 1.27 bits per heavy atom. The number of nitrogens with one attached hydrogen (secondary N) is 1. The molecule has 6 nitrogen and oxygen atoms in total. The van der Waals surface area contributed by atoms with Crippen molar-refractivity contribution in [2.75, 3.05) is 53.5 Å². The second-order valence-electron chi connectivity index (χ2n) is 6.84. The molecule has 3 rings (SSSR count). The molecule has 2 fully saturated rings. The Labute approximate surface area is 155 Å². The van der Waals surface area contributed by atoms with Crippen LogP contribution in [0.25, 0.3) is 0 Å². The molecule has 2 aliphatic rings. The molecule has 1 amide bonds. The van der Waals surface area contributed by atoms with Gasteiger partial charge in [0.15, 0.2) is 11.5 Å². The number of amides is 1. The highest BCUT2D eigenvalue weighted by molar-refractivity contribution is 5.95. The average Bonchev–Trinajstić information content (AvgIpc) is 3.18. The van der Waals surface area contributed by atoms with E-state index in [-0.39, 0.29) is 5.91 Å². The predicted molar refractivity (Wildman–Crippen MR) is 102 cm³/mol. The highest BCUT2D eigenvalue weighted by Gasteiger charge is 2.32. The van der Waals surface area contributed by atoms with Crippen LogP contribution in [0.3, 0.4) is 0 Å². The molecule has 0 spiro atoms. The van der Waals surface area contributed by atoms with Gasteiger partial charge < -0.3 is 19.7 Å². The van der Waals surface area contributed by atoms with Gasteiger partial charge in [0.25, 0.3) is 5.91 Å². The number of likely N-dealkylation sites (tertiary alicyclic amines) is 1. The number of rotatable bonds is 6. The Kier molecular flexibility index (Phi) is 6.16. The standard InChI is InChI=1S/C20H29N3O3/c1-4-5-15-12-16(13-18(25-2)19(15)26-3)20(24)23-9-6-17(14-23)22-10-7-21-8-11-22/h4,12-13,17,21H,1,5-11,14H2,2-3H3. The lowest BCUT2D eigenvalue weighted by atomic mass is 10.0. The fourth-order valence-electron chi connectivity index (χ4n) is 3.93. The van der Waals surface area contributed by atoms with Gasteiger partial charge in [-0.3, -0.25) is 9.69 Å². The summed E-state index contributed by atoms with van der Waals surface area (Å²) in [6.45, 7) is 9.59. The summed E-state index contributed by atoms with van der Waals surface area (Å²) < 4.78 is 10.9. The highest BCUT2D eigenvalue weighted by Crippen LogP contribution is 2.34. The van der Waals surface area contributed by atoms with Crippen LogP contribution < -0.4 is 14.8 Å². The van der Waals surface area contributed by atoms with Gasteiger partial charge in [0, 0.05) is 56.4 Å². The molecule has 0 aliphatic carbocycles. The van der Waals surface area contributed by atoms with Crippen molar-refractivity contribution in [3.63, 3.8) is 0 Å². The molecule has 0 radical (unpaired) electrons. The van der Waals surface area contributed by atoms with E-state index in [4.69, 9.17) is 9.47 Å². The van der Waals surface area contributed by atoms with Crippen molar-refractivity contribution in [2.45, 2.75) is 18.9 Å². The number of carbonyl (C=O) groups excluding carboxylic acids is 1. The first kappa shape index (κ1) is 18.7. The van der Waals surface area contributed by atoms with Crippen LogP contribution in [0.4, 0.5) is 0 Å². The third kappa shape index (κ3) is 3.86. The third-order valence-corrected chi connectivity index (χ3v) is 5.29. The molecule has 2 saturated heterocycles. The lowest BCUT2D eigenvalue weighted by molar-refractivity contribution is 0.0773. The van der Waals surface area contributed by atoms with Crippen LogP contribution >= 0.6 is 0 Å². The number of nitrogens with zero attached hydrogens (tertiary/aromatic N) is 2. The van der Waals surface area contributed by atoms with Gasteiger partial charge in [-0.05, 0) is 25.0 Å². The summed E-state index contributed by atoms with van der Waals surface area (Å²) in [7, 11) is 3.21. The number of hydrogen-bond donors (Lipinski definition) is 1. The van der Waals surface area contributed by atoms with Crippen molar-refractivity contribution in [1.29, 1.82) is 0 Å². The molecule has 2 aliphatic heterocycles. The van der Waals surface area contributed by atoms with Gasteiger partial charge in [-0.15, -0.1) is 6.58 Å². The maximum atomic E-state index is 13.1. The largest absolute Gasteiger partial charge is 0.493 e. The number of piperazine rings is 1. The molecule has 0 aromatic heterocycles. The van der Waals surface area contributed by atoms with Crippen LogP contribution in [0.5, 0.6) is 11.5 Å². The monoisotopic (exact) mass is 359 g/mol. The molecule has 6 heteroatoms. The van der Waals surface area contributed by atoms with E-state index < -0.39 is 0 Å². The summed E-state index contributed by atoms with van der Waals surface area (Å²) in [5.41, 5.74) is 1.57. The number of ether oxygens (including phenoxy) is 2. The number of allylic oxidation sites excluding steroid dienone is 1. The van der Waals surface area contributed by atoms with Crippen LogP contribution in [0.1, 0.15) is 22.3 Å². The van der Waals surface area contributed by atoms with Crippen LogP contribution in [-0.4, -0.2) is 75.2 Å². The Morgan fingerprint density at radius 2 is 2.04 bits per heavy atom. The van der Waals surface area contributed by atoms with Crippen molar-refractivity contribution in [2.24, 2.45) is 0 Å². The zero-order valence-electron chi connectivity index (χ0n) is 15.8. The molecule has 1 aromatic carbocycles. The number of carbonyl (C=O) groups is 1. The summed E-state index contributed by atoms with van der Waals surface area (Å²) in [6.07, 6.45) is 3.48. The molecular weight excluding hydrogens is 330 g/mol. The predicted octanol–water partition coefficient (Wildman–Crippen LogP) is 1.55. The highest BCUT2D eigenvalue weighted by atomic mass is 16.5. The molecule has 1 atom stereocenters. The van der Waals surface area contributed by atoms with E-state index in [9.17, 15) is 4.79 Å². The van der Waals surface area contributed by atoms with E-state index in [0.717, 1.165) is 51.3 Å². The minimum Gasteiger partial charge on any atom is -0.493 e. The fraction of sp³-hybridized carbons (Fsp3) is 0.550. The molecule has 1 unspecified atom stereocenters. The molecular formula is C20H29N3O3. The quantitative estimate of drug-likeness (QED) is 0.781. The smallest absolute Gasteiger partial charge is 0.254 e. The lowest BCUT2D eigenvalue weighted by Crippen LogP contribution is -2.49. The molecule has 1 aromatic rings. The van der Waals surface area contributed by atoms with Gasteiger partial charge in [0.05, 0.1) is 14.2 Å². The first-order valence-electron chi connectivity index (χ1n) is 9.27. The van der Waals surface area contributed by atoms with E-state index in [1.807, 2.05) is 17.0 Å². The molecule has 0 saturated carbocycles. The van der Waals surface area contributed by atoms with Crippen molar-refractivity contribution in [3.8, 4) is 11.5 Å². The van der Waals surface area contributed by atoms with Crippen LogP contribution in [-0.2, 0) is 6.42 Å². The number of benzene rings is 1. The lowest BCUT2D eigenvalue weighted by Gasteiger charge is -2.32. The van der Waals surface area contributed by atoms with Crippen molar-refractivity contribution in [1.82, 2.24) is 15.1 Å². The summed E-state index contributed by atoms with van der Waals surface area (Å²) in [5.74, 6) is 1.33. The normalized spacial score (nSPS) is 20.8. The molecule has 142 valence electrons. The second-order valence-corrected chi connectivity index (χ2v) is 6.84. The zero-order valence-corrected chi connectivity index (χ0v) is 15.8. The van der Waals surface area contributed by atoms with Crippen molar-refractivity contribution < 1.29 is 14.3 Å². The second kappa shape index (κ2) is 8.56. The molecule has 0 bridgehead atoms. The minimum absolute atomic E-state index is 0.0638. The fourth-order valence-corrected chi connectivity index (χ4v) is 3.93. The van der Waals surface area contributed by atoms with Gasteiger partial charge in [0.2, 0.25) is 0 Å². The Morgan fingerprint density at radius 3 is 2.69 bits per heavy atom. The number of methoxy groups -OCH3 is 2. The van der Waals surface area contributed by atoms with E-state index in [1.54, 1.807) is 20.3 Å². The maximum Gasteiger partial charge on any atom is 0.254 e. The topological polar surface area (TPSA) is 54.0 Å². The Balaban J connectivity index is 1.77. The number of hydrogen-bond acceptors (Lipinski definition) is 5. The van der Waals surface area contributed by atoms with Gasteiger partial charge in [-0.2, -0.15) is 0 Å². The van der Waals surface area contributed by atoms with E-state index in [2.05, 4.69) is 16.8 Å². The van der Waals surface area contributed by atoms with Crippen LogP contribution in [0.15, 0.2) is 24.8 Å². The average molecular weight is 359 g/mol. The molecule has 2 heterocycles. The summed E-state index contributed by atoms with van der Waals surface area (Å²) in [4.78, 5) is 17.5. The van der Waals surface area contributed by atoms with Crippen molar-refractivity contribution in [3.05, 3.63) is 35.9 Å². The zero-order chi connectivity index (χ0) is 18.5. The Hall–Kier alpha value is -2.05. The summed E-state index contributed by atoms with van der Waals surface area (Å²) >= 11 is 0. The van der Waals surface area contributed by atoms with E-state index in [0.29, 0.717) is 29.5 Å². The van der Waals surface area contributed by atoms with Crippen molar-refractivity contribution >= 4 is 5.91 Å². The third-order valence-electron chi connectivity index (χ3n) is 5.29. The molecule has 26 heavy (non-hydrogen) atoms. The van der Waals surface area contributed by atoms with Gasteiger partial charge in [-0.25, -0.2) is 0 Å². The minimum atomic E-state index is 0.0638. The first-order chi connectivity index (χ1) is 12.7. The SMILES string of the molecule is C=CCc1cc(C(=O)N2CCC(N3CCNCC3)C2)cc(OC)c1OC. The van der Waals surface area contributed by atoms with Gasteiger partial charge >= 0.3 is 0 Å². The molecule has 1 N–H and O–H groups in total. The first-order valence-corrected chi connectivity index (χ1v) is 9.27. The van der Waals surface area contributed by atoms with Crippen LogP contribution in [0.2, 0.25) is 0 Å². The summed E-state index contributed by atoms with van der Waals surface area (Å²) in [6, 6.07) is 4.16. The van der Waals surface area contributed by atoms with Gasteiger partial charge in [0.1, 0.15) is 0 Å². The van der Waals surface area contributed by atoms with Gasteiger partial charge in [-0.1, -0.05) is 6.08 Å². The van der Waals surface area contributed by atoms with E-state index in [1.165, 1.54) is 0 Å². The summed E-state index contributed by atoms with van der Waals surface area (Å²) in [5, 5.41) is 3.38. The van der Waals surface area contributed by atoms with E-state index >= 15 is 0 Å². The van der Waals surface area contributed by atoms with Crippen LogP contribution in [0, 0.1) is 0 Å². The Bertz CT molecular complexity index is 656. The maximum absolute atomic E-state index is 13.1.